The van der Waals surface area contributed by atoms with Gasteiger partial charge in [-0.3, -0.25) is 37.3 Å². The molecule has 3 N–H and O–H groups in total. The molecule has 2 unspecified atom stereocenters. The third kappa shape index (κ3) is 78.0. The monoisotopic (exact) mass is 1510 g/mol. The Hall–Kier alpha value is -1.94. The minimum atomic E-state index is -4.96. The molecule has 5 atom stereocenters. The minimum absolute atomic E-state index is 0.108. The number of aliphatic hydroxyl groups excluding tert-OH is 1. The second kappa shape index (κ2) is 75.5. The van der Waals surface area contributed by atoms with E-state index in [4.69, 9.17) is 37.0 Å². The van der Waals surface area contributed by atoms with E-state index in [1.807, 2.05) is 0 Å². The number of esters is 4. The first kappa shape index (κ1) is 101. The van der Waals surface area contributed by atoms with Crippen LogP contribution in [-0.2, 0) is 65.4 Å². The molecule has 0 saturated heterocycles. The van der Waals surface area contributed by atoms with Gasteiger partial charge < -0.3 is 33.8 Å². The van der Waals surface area contributed by atoms with E-state index in [2.05, 4.69) is 41.5 Å². The summed E-state index contributed by atoms with van der Waals surface area (Å²) in [5.74, 6) is -0.578. The van der Waals surface area contributed by atoms with E-state index in [1.165, 1.54) is 263 Å². The Bertz CT molecular complexity index is 1980. The van der Waals surface area contributed by atoms with Gasteiger partial charge in [0.25, 0.3) is 0 Å². The summed E-state index contributed by atoms with van der Waals surface area (Å²) in [5.41, 5.74) is 0. The Morgan fingerprint density at radius 2 is 0.447 bits per heavy atom. The standard InChI is InChI=1S/C84H164O17P2/c1-7-9-11-13-15-17-19-21-23-24-25-26-27-29-35-39-43-51-57-63-69-83(88)100-79(72-94-81(86)66-60-54-48-41-37-33-31-30-32-36-40-46-52-58-64-76(3)4)74-98-102(90,91)96-70-78(85)71-97-103(92,93)99-75-80(73-95-82(87)67-61-55-49-45-44-47-53-59-65-77(5)6)101-84(89)68-62-56-50-42-38-34-28-22-20-18-16-14-12-10-8-2/h76-80,85H,7-75H2,1-6H3,(H,90,91)(H,92,93)/t78-,79-,80-/m1/s1. The van der Waals surface area contributed by atoms with Gasteiger partial charge in [-0.25, -0.2) is 9.13 Å². The predicted octanol–water partition coefficient (Wildman–Crippen LogP) is 25.5. The van der Waals surface area contributed by atoms with E-state index in [9.17, 15) is 43.2 Å². The fraction of sp³-hybridized carbons (Fsp3) is 0.952. The first-order chi connectivity index (χ1) is 49.9. The highest BCUT2D eigenvalue weighted by molar-refractivity contribution is 7.47. The Balaban J connectivity index is 5.24. The van der Waals surface area contributed by atoms with Crippen molar-refractivity contribution in [1.82, 2.24) is 0 Å². The third-order valence-electron chi connectivity index (χ3n) is 19.7. The van der Waals surface area contributed by atoms with Gasteiger partial charge >= 0.3 is 39.5 Å². The van der Waals surface area contributed by atoms with Gasteiger partial charge in [-0.05, 0) is 37.5 Å². The molecule has 0 rings (SSSR count). The summed E-state index contributed by atoms with van der Waals surface area (Å²) in [6, 6.07) is 0. The topological polar surface area (TPSA) is 237 Å². The third-order valence-corrected chi connectivity index (χ3v) is 21.6. The van der Waals surface area contributed by atoms with Crippen molar-refractivity contribution in [2.45, 2.75) is 464 Å². The van der Waals surface area contributed by atoms with Gasteiger partial charge in [0.05, 0.1) is 26.4 Å². The molecule has 0 amide bonds. The van der Waals surface area contributed by atoms with E-state index in [0.29, 0.717) is 25.7 Å². The van der Waals surface area contributed by atoms with Gasteiger partial charge in [-0.15, -0.1) is 0 Å². The van der Waals surface area contributed by atoms with Gasteiger partial charge in [0.2, 0.25) is 0 Å². The largest absolute Gasteiger partial charge is 0.472 e. The number of phosphoric acid groups is 2. The Morgan fingerprint density at radius 1 is 0.262 bits per heavy atom. The van der Waals surface area contributed by atoms with Crippen LogP contribution < -0.4 is 0 Å². The van der Waals surface area contributed by atoms with Crippen molar-refractivity contribution in [3.05, 3.63) is 0 Å². The highest BCUT2D eigenvalue weighted by atomic mass is 31.2. The zero-order valence-electron chi connectivity index (χ0n) is 67.6. The van der Waals surface area contributed by atoms with Crippen molar-refractivity contribution in [2.24, 2.45) is 11.8 Å². The number of unbranched alkanes of at least 4 members (excludes halogenated alkanes) is 53. The quantitative estimate of drug-likeness (QED) is 0.0222. The van der Waals surface area contributed by atoms with Crippen LogP contribution in [0.15, 0.2) is 0 Å². The van der Waals surface area contributed by atoms with Crippen LogP contribution in [0.4, 0.5) is 0 Å². The van der Waals surface area contributed by atoms with Gasteiger partial charge in [0.15, 0.2) is 12.2 Å². The van der Waals surface area contributed by atoms with Crippen LogP contribution in [0.2, 0.25) is 0 Å². The van der Waals surface area contributed by atoms with Crippen molar-refractivity contribution >= 4 is 39.5 Å². The lowest BCUT2D eigenvalue weighted by Gasteiger charge is -2.21. The number of carbonyl (C=O) groups is 4. The molecule has 0 spiro atoms. The van der Waals surface area contributed by atoms with Crippen LogP contribution in [0.3, 0.4) is 0 Å². The molecule has 19 heteroatoms. The molecule has 0 aromatic heterocycles. The lowest BCUT2D eigenvalue weighted by molar-refractivity contribution is -0.161. The maximum atomic E-state index is 13.1. The molecule has 103 heavy (non-hydrogen) atoms. The SMILES string of the molecule is CCCCCCCCCCCCCCCCCCCCCCC(=O)O[C@H](COC(=O)CCCCCCCCCCCCCCCCC(C)C)COP(=O)(O)OC[C@@H](O)COP(=O)(O)OC[C@@H](COC(=O)CCCCCCCCCCC(C)C)OC(=O)CCCCCCCCCCCCCCCCC. The summed E-state index contributed by atoms with van der Waals surface area (Å²) in [5, 5.41) is 10.7. The summed E-state index contributed by atoms with van der Waals surface area (Å²) in [4.78, 5) is 73.2. The zero-order valence-corrected chi connectivity index (χ0v) is 69.4. The van der Waals surface area contributed by atoms with E-state index in [1.54, 1.807) is 0 Å². The van der Waals surface area contributed by atoms with E-state index in [0.717, 1.165) is 102 Å². The summed E-state index contributed by atoms with van der Waals surface area (Å²) in [6.45, 7) is 9.65. The highest BCUT2D eigenvalue weighted by Gasteiger charge is 2.30. The van der Waals surface area contributed by atoms with Crippen molar-refractivity contribution < 1.29 is 80.2 Å². The molecule has 0 aromatic carbocycles. The average molecular weight is 1510 g/mol. The molecule has 0 radical (unpaired) electrons. The molecule has 0 aliphatic carbocycles. The van der Waals surface area contributed by atoms with Crippen molar-refractivity contribution in [3.63, 3.8) is 0 Å². The summed E-state index contributed by atoms with van der Waals surface area (Å²) in [7, 11) is -9.92. The molecular weight excluding hydrogens is 1340 g/mol. The van der Waals surface area contributed by atoms with Crippen LogP contribution in [0, 0.1) is 11.8 Å². The van der Waals surface area contributed by atoms with Crippen LogP contribution in [0.1, 0.15) is 446 Å². The number of carbonyl (C=O) groups excluding carboxylic acids is 4. The fourth-order valence-electron chi connectivity index (χ4n) is 13.1. The van der Waals surface area contributed by atoms with E-state index >= 15 is 0 Å². The first-order valence-corrected chi connectivity index (χ1v) is 46.5. The van der Waals surface area contributed by atoms with Crippen LogP contribution in [0.5, 0.6) is 0 Å². The Labute approximate surface area is 632 Å². The highest BCUT2D eigenvalue weighted by Crippen LogP contribution is 2.45. The van der Waals surface area contributed by atoms with Crippen LogP contribution >= 0.6 is 15.6 Å². The maximum absolute atomic E-state index is 13.1. The molecule has 0 heterocycles. The second-order valence-electron chi connectivity index (χ2n) is 31.2. The van der Waals surface area contributed by atoms with E-state index < -0.39 is 97.5 Å². The van der Waals surface area contributed by atoms with E-state index in [-0.39, 0.29) is 25.7 Å². The molecule has 0 aliphatic heterocycles. The minimum Gasteiger partial charge on any atom is -0.462 e. The van der Waals surface area contributed by atoms with Gasteiger partial charge in [0.1, 0.15) is 19.3 Å². The van der Waals surface area contributed by atoms with Crippen molar-refractivity contribution in [3.8, 4) is 0 Å². The molecule has 0 fully saturated rings. The predicted molar refractivity (Wildman–Crippen MR) is 423 cm³/mol. The number of hydrogen-bond donors (Lipinski definition) is 3. The van der Waals surface area contributed by atoms with Crippen LogP contribution in [0.25, 0.3) is 0 Å². The number of rotatable bonds is 83. The smallest absolute Gasteiger partial charge is 0.462 e. The molecule has 17 nitrogen and oxygen atoms in total. The number of hydrogen-bond acceptors (Lipinski definition) is 15. The Morgan fingerprint density at radius 3 is 0.660 bits per heavy atom. The van der Waals surface area contributed by atoms with Gasteiger partial charge in [-0.1, -0.05) is 395 Å². The zero-order chi connectivity index (χ0) is 75.6. The molecular formula is C84H164O17P2. The summed E-state index contributed by atoms with van der Waals surface area (Å²) < 4.78 is 68.8. The number of phosphoric ester groups is 2. The maximum Gasteiger partial charge on any atom is 0.472 e. The van der Waals surface area contributed by atoms with Gasteiger partial charge in [0, 0.05) is 25.7 Å². The van der Waals surface area contributed by atoms with Crippen LogP contribution in [-0.4, -0.2) is 96.7 Å². The van der Waals surface area contributed by atoms with Crippen molar-refractivity contribution in [2.75, 3.05) is 39.6 Å². The summed E-state index contributed by atoms with van der Waals surface area (Å²) >= 11 is 0. The molecule has 0 aromatic rings. The lowest BCUT2D eigenvalue weighted by atomic mass is 10.0. The molecule has 0 saturated carbocycles. The average Bonchev–Trinajstić information content (AvgIpc) is 0.940. The number of ether oxygens (including phenoxy) is 4. The number of aliphatic hydroxyl groups is 1. The second-order valence-corrected chi connectivity index (χ2v) is 34.1. The first-order valence-electron chi connectivity index (χ1n) is 43.5. The molecule has 0 aliphatic rings. The van der Waals surface area contributed by atoms with Crippen molar-refractivity contribution in [1.29, 1.82) is 0 Å². The van der Waals surface area contributed by atoms with Gasteiger partial charge in [-0.2, -0.15) is 0 Å². The summed E-state index contributed by atoms with van der Waals surface area (Å²) in [6.07, 6.45) is 66.6. The molecule has 612 valence electrons. The fourth-order valence-corrected chi connectivity index (χ4v) is 14.6. The normalized spacial score (nSPS) is 13.9. The Kier molecular flexibility index (Phi) is 74.1. The molecule has 0 bridgehead atoms. The lowest BCUT2D eigenvalue weighted by Crippen LogP contribution is -2.30.